The predicted octanol–water partition coefficient (Wildman–Crippen LogP) is 2.79. The normalized spacial score (nSPS) is 11.5. The summed E-state index contributed by atoms with van der Waals surface area (Å²) >= 11 is 6.07. The molecule has 0 heterocycles. The molecule has 0 aliphatic heterocycles. The molecule has 130 valence electrons. The van der Waals surface area contributed by atoms with Crippen molar-refractivity contribution in [2.24, 2.45) is 0 Å². The van der Waals surface area contributed by atoms with Crippen molar-refractivity contribution in [3.63, 3.8) is 0 Å². The van der Waals surface area contributed by atoms with Crippen LogP contribution in [-0.2, 0) is 10.0 Å². The van der Waals surface area contributed by atoms with Crippen molar-refractivity contribution >= 4 is 27.3 Å². The number of halogens is 1. The lowest BCUT2D eigenvalue weighted by Crippen LogP contribution is -2.19. The number of ether oxygens (including phenoxy) is 1. The fraction of sp³-hybridized carbons (Fsp3) is 0.250. The number of sulfonamides is 1. The molecule has 0 saturated heterocycles. The van der Waals surface area contributed by atoms with Crippen LogP contribution < -0.4 is 9.46 Å². The van der Waals surface area contributed by atoms with Crippen LogP contribution in [0.5, 0.6) is 11.5 Å². The summed E-state index contributed by atoms with van der Waals surface area (Å²) in [4.78, 5) is 2.01. The smallest absolute Gasteiger partial charge is 0.261 e. The Labute approximate surface area is 146 Å². The number of likely N-dealkylation sites (N-methyl/N-ethyl adjacent to an activating group) is 1. The maximum atomic E-state index is 12.3. The monoisotopic (exact) mass is 370 g/mol. The molecule has 0 spiro atoms. The number of phenolic OH excluding ortho intramolecular Hbond substituents is 1. The van der Waals surface area contributed by atoms with Gasteiger partial charge in [0.1, 0.15) is 18.1 Å². The van der Waals surface area contributed by atoms with Crippen molar-refractivity contribution in [1.29, 1.82) is 0 Å². The summed E-state index contributed by atoms with van der Waals surface area (Å²) < 4.78 is 32.7. The van der Waals surface area contributed by atoms with Gasteiger partial charge in [0.25, 0.3) is 10.0 Å². The van der Waals surface area contributed by atoms with E-state index in [2.05, 4.69) is 4.72 Å². The largest absolute Gasteiger partial charge is 0.508 e. The van der Waals surface area contributed by atoms with Crippen LogP contribution in [-0.4, -0.2) is 45.7 Å². The molecular formula is C16H19ClN2O4S. The van der Waals surface area contributed by atoms with Gasteiger partial charge < -0.3 is 14.7 Å². The van der Waals surface area contributed by atoms with Crippen molar-refractivity contribution in [3.05, 3.63) is 47.5 Å². The SMILES string of the molecule is CN(C)CCOc1cc(NS(=O)(=O)c2ccc(O)cc2)ccc1Cl. The number of rotatable bonds is 7. The molecule has 0 fully saturated rings. The van der Waals surface area contributed by atoms with Gasteiger partial charge in [0.15, 0.2) is 0 Å². The minimum atomic E-state index is -3.76. The molecule has 0 atom stereocenters. The zero-order valence-corrected chi connectivity index (χ0v) is 14.9. The summed E-state index contributed by atoms with van der Waals surface area (Å²) in [6.45, 7) is 1.14. The fourth-order valence-electron chi connectivity index (χ4n) is 1.86. The van der Waals surface area contributed by atoms with Crippen molar-refractivity contribution < 1.29 is 18.3 Å². The average molecular weight is 371 g/mol. The molecule has 24 heavy (non-hydrogen) atoms. The first-order valence-electron chi connectivity index (χ1n) is 7.17. The minimum Gasteiger partial charge on any atom is -0.508 e. The maximum absolute atomic E-state index is 12.3. The van der Waals surface area contributed by atoms with Crippen molar-refractivity contribution in [1.82, 2.24) is 4.90 Å². The highest BCUT2D eigenvalue weighted by Gasteiger charge is 2.15. The lowest BCUT2D eigenvalue weighted by Gasteiger charge is -2.14. The second-order valence-electron chi connectivity index (χ2n) is 5.40. The zero-order valence-electron chi connectivity index (χ0n) is 13.4. The number of nitrogens with zero attached hydrogens (tertiary/aromatic N) is 1. The van der Waals surface area contributed by atoms with Crippen molar-refractivity contribution in [3.8, 4) is 11.5 Å². The fourth-order valence-corrected chi connectivity index (χ4v) is 3.08. The number of anilines is 1. The Morgan fingerprint density at radius 1 is 1.17 bits per heavy atom. The number of benzene rings is 2. The van der Waals surface area contributed by atoms with Gasteiger partial charge in [0.2, 0.25) is 0 Å². The summed E-state index contributed by atoms with van der Waals surface area (Å²) in [7, 11) is 0.0859. The first kappa shape index (κ1) is 18.4. The van der Waals surface area contributed by atoms with E-state index in [0.29, 0.717) is 29.6 Å². The predicted molar refractivity (Wildman–Crippen MR) is 94.4 cm³/mol. The molecule has 0 aliphatic rings. The summed E-state index contributed by atoms with van der Waals surface area (Å²) in [6, 6.07) is 9.93. The molecule has 2 rings (SSSR count). The van der Waals surface area contributed by atoms with E-state index in [1.54, 1.807) is 12.1 Å². The van der Waals surface area contributed by atoms with E-state index in [1.807, 2.05) is 19.0 Å². The van der Waals surface area contributed by atoms with Crippen LogP contribution in [0, 0.1) is 0 Å². The number of hydrogen-bond donors (Lipinski definition) is 2. The van der Waals surface area contributed by atoms with Crippen LogP contribution in [0.1, 0.15) is 0 Å². The van der Waals surface area contributed by atoms with Crippen LogP contribution >= 0.6 is 11.6 Å². The first-order valence-corrected chi connectivity index (χ1v) is 9.03. The van der Waals surface area contributed by atoms with Gasteiger partial charge in [-0.25, -0.2) is 8.42 Å². The van der Waals surface area contributed by atoms with E-state index < -0.39 is 10.0 Å². The Morgan fingerprint density at radius 3 is 2.46 bits per heavy atom. The van der Waals surface area contributed by atoms with Gasteiger partial charge in [-0.3, -0.25) is 4.72 Å². The third-order valence-corrected chi connectivity index (χ3v) is 4.84. The Balaban J connectivity index is 2.15. The van der Waals surface area contributed by atoms with Crippen molar-refractivity contribution in [2.75, 3.05) is 32.0 Å². The lowest BCUT2D eigenvalue weighted by molar-refractivity contribution is 0.261. The third kappa shape index (κ3) is 5.02. The Morgan fingerprint density at radius 2 is 1.83 bits per heavy atom. The van der Waals surface area contributed by atoms with Gasteiger partial charge in [0.05, 0.1) is 15.6 Å². The molecule has 0 unspecified atom stereocenters. The van der Waals surface area contributed by atoms with E-state index in [1.165, 1.54) is 30.3 Å². The number of phenols is 1. The third-order valence-electron chi connectivity index (χ3n) is 3.13. The topological polar surface area (TPSA) is 78.9 Å². The lowest BCUT2D eigenvalue weighted by atomic mass is 10.3. The maximum Gasteiger partial charge on any atom is 0.261 e. The molecule has 2 N–H and O–H groups in total. The van der Waals surface area contributed by atoms with Gasteiger partial charge in [-0.1, -0.05) is 11.6 Å². The molecule has 0 aliphatic carbocycles. The van der Waals surface area contributed by atoms with Crippen LogP contribution in [0.4, 0.5) is 5.69 Å². The quantitative estimate of drug-likeness (QED) is 0.783. The summed E-state index contributed by atoms with van der Waals surface area (Å²) in [5.41, 5.74) is 0.340. The van der Waals surface area contributed by atoms with E-state index in [4.69, 9.17) is 16.3 Å². The van der Waals surface area contributed by atoms with Gasteiger partial charge in [-0.15, -0.1) is 0 Å². The van der Waals surface area contributed by atoms with E-state index >= 15 is 0 Å². The molecular weight excluding hydrogens is 352 g/mol. The van der Waals surface area contributed by atoms with Gasteiger partial charge in [0, 0.05) is 12.6 Å². The van der Waals surface area contributed by atoms with E-state index in [9.17, 15) is 13.5 Å². The Bertz CT molecular complexity index is 792. The molecule has 6 nitrogen and oxygen atoms in total. The molecule has 8 heteroatoms. The van der Waals surface area contributed by atoms with Crippen LogP contribution in [0.15, 0.2) is 47.4 Å². The Kier molecular flexibility index (Phi) is 5.93. The zero-order chi connectivity index (χ0) is 17.7. The first-order chi connectivity index (χ1) is 11.3. The Hall–Kier alpha value is -1.96. The van der Waals surface area contributed by atoms with Gasteiger partial charge >= 0.3 is 0 Å². The standard InChI is InChI=1S/C16H19ClN2O4S/c1-19(2)9-10-23-16-11-12(3-8-15(16)17)18-24(21,22)14-6-4-13(20)5-7-14/h3-8,11,18,20H,9-10H2,1-2H3. The molecule has 0 aromatic heterocycles. The van der Waals surface area contributed by atoms with E-state index in [0.717, 1.165) is 0 Å². The van der Waals surface area contributed by atoms with Crippen LogP contribution in [0.2, 0.25) is 5.02 Å². The number of hydrogen-bond acceptors (Lipinski definition) is 5. The molecule has 0 saturated carbocycles. The van der Waals surface area contributed by atoms with E-state index in [-0.39, 0.29) is 10.6 Å². The van der Waals surface area contributed by atoms with Crippen LogP contribution in [0.3, 0.4) is 0 Å². The average Bonchev–Trinajstić information content (AvgIpc) is 2.50. The van der Waals surface area contributed by atoms with Gasteiger partial charge in [-0.05, 0) is 50.5 Å². The molecule has 2 aromatic rings. The molecule has 2 aromatic carbocycles. The number of aromatic hydroxyl groups is 1. The van der Waals surface area contributed by atoms with Crippen LogP contribution in [0.25, 0.3) is 0 Å². The summed E-state index contributed by atoms with van der Waals surface area (Å²) in [5, 5.41) is 9.65. The summed E-state index contributed by atoms with van der Waals surface area (Å²) in [5.74, 6) is 0.404. The molecule has 0 radical (unpaired) electrons. The highest BCUT2D eigenvalue weighted by Crippen LogP contribution is 2.29. The summed E-state index contributed by atoms with van der Waals surface area (Å²) in [6.07, 6.45) is 0. The number of nitrogens with one attached hydrogen (secondary N) is 1. The van der Waals surface area contributed by atoms with Gasteiger partial charge in [-0.2, -0.15) is 0 Å². The molecule has 0 bridgehead atoms. The van der Waals surface area contributed by atoms with Crippen molar-refractivity contribution in [2.45, 2.75) is 4.90 Å². The minimum absolute atomic E-state index is 0.00276. The highest BCUT2D eigenvalue weighted by atomic mass is 35.5. The second-order valence-corrected chi connectivity index (χ2v) is 7.49. The highest BCUT2D eigenvalue weighted by molar-refractivity contribution is 7.92. The molecule has 0 amide bonds. The second kappa shape index (κ2) is 7.74.